The van der Waals surface area contributed by atoms with E-state index in [1.807, 2.05) is 0 Å². The number of methoxy groups -OCH3 is 1. The minimum atomic E-state index is -1.70. The van der Waals surface area contributed by atoms with Crippen molar-refractivity contribution < 1.29 is 34.1 Å². The molecular weight excluding hydrogens is 452 g/mol. The Morgan fingerprint density at radius 3 is 2.68 bits per heavy atom. The first kappa shape index (κ1) is 23.0. The molecule has 2 unspecified atom stereocenters. The van der Waals surface area contributed by atoms with Crippen LogP contribution in [0, 0.1) is 0 Å². The summed E-state index contributed by atoms with van der Waals surface area (Å²) in [6, 6.07) is 0. The number of ether oxygens (including phenoxy) is 1. The summed E-state index contributed by atoms with van der Waals surface area (Å²) in [6.07, 6.45) is -0.174. The van der Waals surface area contributed by atoms with E-state index < -0.39 is 34.9 Å². The first-order valence-electron chi connectivity index (χ1n) is 9.05. The Bertz CT molecular complexity index is 951. The summed E-state index contributed by atoms with van der Waals surface area (Å²) in [5, 5.41) is 31.8. The number of amides is 2. The van der Waals surface area contributed by atoms with Gasteiger partial charge in [0, 0.05) is 38.5 Å². The number of carboxylic acids is 2. The van der Waals surface area contributed by atoms with Crippen LogP contribution in [0.4, 0.5) is 0 Å². The predicted molar refractivity (Wildman–Crippen MR) is 107 cm³/mol. The summed E-state index contributed by atoms with van der Waals surface area (Å²) in [5.74, 6) is -2.97. The molecule has 15 heteroatoms. The Labute approximate surface area is 184 Å². The molecule has 2 aliphatic heterocycles. The highest BCUT2D eigenvalue weighted by molar-refractivity contribution is 8.01. The number of tetrazole rings is 1. The third-order valence-corrected chi connectivity index (χ3v) is 7.18. The number of carbonyl (C=O) groups is 4. The van der Waals surface area contributed by atoms with Gasteiger partial charge in [-0.3, -0.25) is 19.3 Å². The van der Waals surface area contributed by atoms with Gasteiger partial charge in [-0.25, -0.2) is 9.48 Å². The molecule has 0 bridgehead atoms. The fraction of sp³-hybridized carbons (Fsp3) is 0.562. The first-order valence-corrected chi connectivity index (χ1v) is 11.1. The van der Waals surface area contributed by atoms with Crippen LogP contribution in [0.2, 0.25) is 0 Å². The number of carboxylic acid groups (broad SMARTS) is 2. The van der Waals surface area contributed by atoms with E-state index in [2.05, 4.69) is 20.8 Å². The lowest BCUT2D eigenvalue weighted by molar-refractivity contribution is -0.192. The SMILES string of the molecule is COC1(NC(=O)CCCC(=O)O)C(=O)N2C(C(=O)O)=C(CSc3nnnn3C)CSC21. The van der Waals surface area contributed by atoms with E-state index in [1.165, 1.54) is 35.3 Å². The van der Waals surface area contributed by atoms with Gasteiger partial charge in [0.15, 0.2) is 0 Å². The molecule has 31 heavy (non-hydrogen) atoms. The van der Waals surface area contributed by atoms with Gasteiger partial charge in [0.25, 0.3) is 11.6 Å². The molecule has 2 amide bonds. The highest BCUT2D eigenvalue weighted by atomic mass is 32.2. The van der Waals surface area contributed by atoms with Crippen LogP contribution in [0.15, 0.2) is 16.4 Å². The van der Waals surface area contributed by atoms with Crippen LogP contribution in [-0.4, -0.2) is 88.8 Å². The molecule has 13 nitrogen and oxygen atoms in total. The van der Waals surface area contributed by atoms with Crippen molar-refractivity contribution >= 4 is 47.3 Å². The molecule has 3 heterocycles. The Hall–Kier alpha value is -2.65. The molecule has 168 valence electrons. The number of aryl methyl sites for hydroxylation is 1. The summed E-state index contributed by atoms with van der Waals surface area (Å²) in [6.45, 7) is 0. The maximum absolute atomic E-state index is 13.0. The smallest absolute Gasteiger partial charge is 0.352 e. The predicted octanol–water partition coefficient (Wildman–Crippen LogP) is -0.730. The van der Waals surface area contributed by atoms with Crippen LogP contribution in [-0.2, 0) is 31.0 Å². The zero-order valence-electron chi connectivity index (χ0n) is 16.6. The first-order chi connectivity index (χ1) is 14.7. The third kappa shape index (κ3) is 4.38. The topological polar surface area (TPSA) is 177 Å². The van der Waals surface area contributed by atoms with Crippen LogP contribution >= 0.6 is 23.5 Å². The monoisotopic (exact) mass is 472 g/mol. The lowest BCUT2D eigenvalue weighted by Gasteiger charge is -2.55. The van der Waals surface area contributed by atoms with Gasteiger partial charge in [-0.1, -0.05) is 11.8 Å². The third-order valence-electron chi connectivity index (χ3n) is 4.71. The van der Waals surface area contributed by atoms with Crippen LogP contribution in [0.25, 0.3) is 0 Å². The second-order valence-electron chi connectivity index (χ2n) is 6.70. The fourth-order valence-corrected chi connectivity index (χ4v) is 5.65. The zero-order valence-corrected chi connectivity index (χ0v) is 18.2. The number of aromatic nitrogens is 4. The molecule has 1 aromatic heterocycles. The van der Waals surface area contributed by atoms with E-state index in [9.17, 15) is 24.3 Å². The Kier molecular flexibility index (Phi) is 6.86. The number of carbonyl (C=O) groups excluding carboxylic acids is 2. The fourth-order valence-electron chi connectivity index (χ4n) is 3.22. The maximum Gasteiger partial charge on any atom is 0.352 e. The molecule has 1 saturated heterocycles. The largest absolute Gasteiger partial charge is 0.481 e. The highest BCUT2D eigenvalue weighted by Crippen LogP contribution is 2.47. The second-order valence-corrected chi connectivity index (χ2v) is 8.72. The standard InChI is InChI=1S/C16H20N6O7S2/c1-21-15(18-19-20-21)31-7-8-6-30-14-16(29-2,13(28)22(14)11(8)12(26)27)17-9(23)4-3-5-10(24)25/h14H,3-7H2,1-2H3,(H,17,23)(H,24,25)(H,26,27). The average molecular weight is 473 g/mol. The van der Waals surface area contributed by atoms with Crippen molar-refractivity contribution in [2.24, 2.45) is 7.05 Å². The van der Waals surface area contributed by atoms with Crippen molar-refractivity contribution in [3.63, 3.8) is 0 Å². The quantitative estimate of drug-likeness (QED) is 0.221. The van der Waals surface area contributed by atoms with E-state index in [1.54, 1.807) is 7.05 Å². The van der Waals surface area contributed by atoms with E-state index >= 15 is 0 Å². The van der Waals surface area contributed by atoms with Gasteiger partial charge in [0.05, 0.1) is 0 Å². The summed E-state index contributed by atoms with van der Waals surface area (Å²) in [7, 11) is 2.91. The van der Waals surface area contributed by atoms with Crippen molar-refractivity contribution in [1.82, 2.24) is 30.4 Å². The number of fused-ring (bicyclic) bond motifs is 1. The Morgan fingerprint density at radius 1 is 1.35 bits per heavy atom. The number of β-lactam (4-membered cyclic amide) rings is 1. The molecule has 0 aliphatic carbocycles. The lowest BCUT2D eigenvalue weighted by atomic mass is 9.98. The molecule has 0 radical (unpaired) electrons. The van der Waals surface area contributed by atoms with Gasteiger partial charge in [-0.05, 0) is 22.4 Å². The molecular formula is C16H20N6O7S2. The van der Waals surface area contributed by atoms with Gasteiger partial charge < -0.3 is 20.3 Å². The minimum absolute atomic E-state index is 0.0999. The number of aliphatic carboxylic acids is 2. The summed E-state index contributed by atoms with van der Waals surface area (Å²) in [5.41, 5.74) is -1.32. The molecule has 2 aliphatic rings. The van der Waals surface area contributed by atoms with Gasteiger partial charge in [-0.2, -0.15) is 0 Å². The van der Waals surface area contributed by atoms with Crippen LogP contribution < -0.4 is 5.32 Å². The summed E-state index contributed by atoms with van der Waals surface area (Å²) < 4.78 is 6.79. The normalized spacial score (nSPS) is 22.7. The van der Waals surface area contributed by atoms with Crippen LogP contribution in [0.5, 0.6) is 0 Å². The van der Waals surface area contributed by atoms with Crippen molar-refractivity contribution in [3.8, 4) is 0 Å². The maximum atomic E-state index is 13.0. The van der Waals surface area contributed by atoms with Crippen molar-refractivity contribution in [2.45, 2.75) is 35.5 Å². The second kappa shape index (κ2) is 9.23. The molecule has 3 N–H and O–H groups in total. The summed E-state index contributed by atoms with van der Waals surface area (Å²) in [4.78, 5) is 48.9. The molecule has 0 aromatic carbocycles. The van der Waals surface area contributed by atoms with Crippen LogP contribution in [0.3, 0.4) is 0 Å². The number of nitrogens with zero attached hydrogens (tertiary/aromatic N) is 5. The zero-order chi connectivity index (χ0) is 22.8. The number of hydrogen-bond acceptors (Lipinski definition) is 10. The Morgan fingerprint density at radius 2 is 2.10 bits per heavy atom. The van der Waals surface area contributed by atoms with Crippen LogP contribution in [0.1, 0.15) is 19.3 Å². The van der Waals surface area contributed by atoms with Crippen molar-refractivity contribution in [1.29, 1.82) is 0 Å². The van der Waals surface area contributed by atoms with E-state index in [0.29, 0.717) is 16.5 Å². The summed E-state index contributed by atoms with van der Waals surface area (Å²) >= 11 is 2.51. The van der Waals surface area contributed by atoms with Crippen molar-refractivity contribution in [3.05, 3.63) is 11.3 Å². The Balaban J connectivity index is 1.75. The van der Waals surface area contributed by atoms with E-state index in [4.69, 9.17) is 9.84 Å². The lowest BCUT2D eigenvalue weighted by Crippen LogP contribution is -2.80. The van der Waals surface area contributed by atoms with Gasteiger partial charge in [0.2, 0.25) is 11.1 Å². The van der Waals surface area contributed by atoms with Crippen molar-refractivity contribution in [2.75, 3.05) is 18.6 Å². The van der Waals surface area contributed by atoms with Gasteiger partial charge in [0.1, 0.15) is 11.1 Å². The number of rotatable bonds is 10. The molecule has 0 saturated carbocycles. The average Bonchev–Trinajstić information content (AvgIpc) is 3.13. The number of nitrogens with one attached hydrogen (secondary N) is 1. The number of thioether (sulfide) groups is 2. The number of hydrogen-bond donors (Lipinski definition) is 3. The van der Waals surface area contributed by atoms with E-state index in [-0.39, 0.29) is 30.7 Å². The molecule has 3 rings (SSSR count). The molecule has 1 fully saturated rings. The highest BCUT2D eigenvalue weighted by Gasteiger charge is 2.66. The van der Waals surface area contributed by atoms with Gasteiger partial charge >= 0.3 is 11.9 Å². The molecule has 2 atom stereocenters. The molecule has 1 aromatic rings. The van der Waals surface area contributed by atoms with Gasteiger partial charge in [-0.15, -0.1) is 16.9 Å². The molecule has 0 spiro atoms. The minimum Gasteiger partial charge on any atom is -0.481 e. The van der Waals surface area contributed by atoms with E-state index in [0.717, 1.165) is 4.90 Å².